The van der Waals surface area contributed by atoms with E-state index in [2.05, 4.69) is 5.32 Å². The maximum Gasteiger partial charge on any atom is 0.272 e. The fourth-order valence-corrected chi connectivity index (χ4v) is 4.46. The highest BCUT2D eigenvalue weighted by Crippen LogP contribution is 2.33. The lowest BCUT2D eigenvalue weighted by molar-refractivity contribution is 0.0729. The summed E-state index contributed by atoms with van der Waals surface area (Å²) in [5, 5.41) is 3.00. The fraction of sp³-hybridized carbons (Fsp3) is 0.222. The van der Waals surface area contributed by atoms with Crippen LogP contribution in [0.2, 0.25) is 0 Å². The van der Waals surface area contributed by atoms with Crippen LogP contribution in [-0.4, -0.2) is 32.6 Å². The lowest BCUT2D eigenvalue weighted by atomic mass is 10.1. The third-order valence-corrected chi connectivity index (χ3v) is 6.20. The first-order valence-corrected chi connectivity index (χ1v) is 11.3. The van der Waals surface area contributed by atoms with Gasteiger partial charge in [0.25, 0.3) is 11.8 Å². The molecule has 6 heteroatoms. The highest BCUT2D eigenvalue weighted by atomic mass is 16.2. The molecule has 0 unspecified atom stereocenters. The van der Waals surface area contributed by atoms with Gasteiger partial charge in [-0.2, -0.15) is 0 Å². The van der Waals surface area contributed by atoms with Crippen LogP contribution >= 0.6 is 0 Å². The molecule has 5 rings (SSSR count). The molecule has 0 spiro atoms. The van der Waals surface area contributed by atoms with Gasteiger partial charge in [-0.1, -0.05) is 54.1 Å². The molecule has 1 N–H and O–H groups in total. The number of nitrogens with one attached hydrogen (secondary N) is 1. The Labute approximate surface area is 192 Å². The Bertz CT molecular complexity index is 1290. The highest BCUT2D eigenvalue weighted by molar-refractivity contribution is 5.99. The second-order valence-corrected chi connectivity index (χ2v) is 8.47. The molecule has 2 aromatic heterocycles. The van der Waals surface area contributed by atoms with Crippen molar-refractivity contribution in [1.82, 2.24) is 19.6 Å². The SMILES string of the molecule is Cc1ccc(CNC(=O)c2nc([C@H]3CCCN3C(=O)c3ccccc3)n3ccccc23)cc1. The van der Waals surface area contributed by atoms with E-state index in [9.17, 15) is 9.59 Å². The summed E-state index contributed by atoms with van der Waals surface area (Å²) in [6.07, 6.45) is 3.63. The van der Waals surface area contributed by atoms with Gasteiger partial charge in [0.05, 0.1) is 11.6 Å². The molecule has 0 bridgehead atoms. The average Bonchev–Trinajstić information content (AvgIpc) is 3.48. The van der Waals surface area contributed by atoms with Crippen molar-refractivity contribution in [3.05, 3.63) is 107 Å². The van der Waals surface area contributed by atoms with Crippen LogP contribution in [0.1, 0.15) is 56.7 Å². The van der Waals surface area contributed by atoms with Crippen molar-refractivity contribution in [2.45, 2.75) is 32.4 Å². The molecule has 6 nitrogen and oxygen atoms in total. The molecule has 1 atom stereocenters. The summed E-state index contributed by atoms with van der Waals surface area (Å²) in [5.41, 5.74) is 4.01. The first-order chi connectivity index (χ1) is 16.1. The lowest BCUT2D eigenvalue weighted by Crippen LogP contribution is -2.31. The van der Waals surface area contributed by atoms with E-state index in [0.29, 0.717) is 24.3 Å². The molecule has 1 aliphatic rings. The summed E-state index contributed by atoms with van der Waals surface area (Å²) in [4.78, 5) is 33.0. The minimum Gasteiger partial charge on any atom is -0.347 e. The molecule has 4 aromatic rings. The third-order valence-electron chi connectivity index (χ3n) is 6.20. The molecule has 0 saturated carbocycles. The fourth-order valence-electron chi connectivity index (χ4n) is 4.46. The summed E-state index contributed by atoms with van der Waals surface area (Å²) in [7, 11) is 0. The predicted octanol–water partition coefficient (Wildman–Crippen LogP) is 4.55. The molecular weight excluding hydrogens is 412 g/mol. The van der Waals surface area contributed by atoms with Crippen LogP contribution in [0.3, 0.4) is 0 Å². The zero-order valence-electron chi connectivity index (χ0n) is 18.6. The third kappa shape index (κ3) is 4.12. The van der Waals surface area contributed by atoms with Crippen LogP contribution < -0.4 is 5.32 Å². The topological polar surface area (TPSA) is 66.7 Å². The van der Waals surface area contributed by atoms with E-state index in [1.165, 1.54) is 5.56 Å². The summed E-state index contributed by atoms with van der Waals surface area (Å²) < 4.78 is 1.95. The van der Waals surface area contributed by atoms with Crippen LogP contribution in [0.25, 0.3) is 5.52 Å². The first-order valence-electron chi connectivity index (χ1n) is 11.3. The molecule has 3 heterocycles. The van der Waals surface area contributed by atoms with Crippen LogP contribution in [0, 0.1) is 6.92 Å². The second kappa shape index (κ2) is 8.90. The Kier molecular flexibility index (Phi) is 5.65. The largest absolute Gasteiger partial charge is 0.347 e. The standard InChI is InChI=1S/C27H26N4O2/c1-19-12-14-20(15-13-19)18-28-26(32)24-22-10-5-6-16-30(22)25(29-24)23-11-7-17-31(23)27(33)21-8-3-2-4-9-21/h2-6,8-10,12-16,23H,7,11,17-18H2,1H3,(H,28,32)/t23-/m1/s1. The number of nitrogens with zero attached hydrogens (tertiary/aromatic N) is 3. The van der Waals surface area contributed by atoms with Gasteiger partial charge in [-0.05, 0) is 49.6 Å². The molecule has 0 aliphatic carbocycles. The lowest BCUT2D eigenvalue weighted by Gasteiger charge is -2.24. The number of aryl methyl sites for hydroxylation is 1. The van der Waals surface area contributed by atoms with Gasteiger partial charge < -0.3 is 14.6 Å². The van der Waals surface area contributed by atoms with Crippen molar-refractivity contribution in [3.8, 4) is 0 Å². The number of hydrogen-bond donors (Lipinski definition) is 1. The number of hydrogen-bond acceptors (Lipinski definition) is 3. The van der Waals surface area contributed by atoms with Crippen molar-refractivity contribution >= 4 is 17.3 Å². The van der Waals surface area contributed by atoms with Crippen molar-refractivity contribution in [2.75, 3.05) is 6.54 Å². The van der Waals surface area contributed by atoms with Crippen LogP contribution in [-0.2, 0) is 6.54 Å². The van der Waals surface area contributed by atoms with Crippen molar-refractivity contribution in [2.24, 2.45) is 0 Å². The first kappa shape index (κ1) is 20.9. The number of imidazole rings is 1. The molecule has 166 valence electrons. The molecule has 1 aliphatic heterocycles. The van der Waals surface area contributed by atoms with E-state index >= 15 is 0 Å². The molecule has 2 aromatic carbocycles. The van der Waals surface area contributed by atoms with E-state index < -0.39 is 0 Å². The summed E-state index contributed by atoms with van der Waals surface area (Å²) in [5.74, 6) is 0.508. The number of fused-ring (bicyclic) bond motifs is 1. The summed E-state index contributed by atoms with van der Waals surface area (Å²) >= 11 is 0. The molecule has 1 fully saturated rings. The van der Waals surface area contributed by atoms with E-state index in [4.69, 9.17) is 4.98 Å². The predicted molar refractivity (Wildman–Crippen MR) is 127 cm³/mol. The minimum atomic E-state index is -0.218. The van der Waals surface area contributed by atoms with E-state index in [0.717, 1.165) is 29.7 Å². The second-order valence-electron chi connectivity index (χ2n) is 8.47. The van der Waals surface area contributed by atoms with Crippen molar-refractivity contribution < 1.29 is 9.59 Å². The molecule has 0 radical (unpaired) electrons. The van der Waals surface area contributed by atoms with Crippen LogP contribution in [0.15, 0.2) is 79.0 Å². The van der Waals surface area contributed by atoms with Gasteiger partial charge >= 0.3 is 0 Å². The van der Waals surface area contributed by atoms with E-state index in [1.807, 2.05) is 95.2 Å². The Morgan fingerprint density at radius 3 is 2.55 bits per heavy atom. The van der Waals surface area contributed by atoms with Gasteiger partial charge in [0.2, 0.25) is 0 Å². The molecule has 1 saturated heterocycles. The number of carbonyl (C=O) groups excluding carboxylic acids is 2. The van der Waals surface area contributed by atoms with E-state index in [1.54, 1.807) is 0 Å². The molecular formula is C27H26N4O2. The molecule has 2 amide bonds. The number of aromatic nitrogens is 2. The Morgan fingerprint density at radius 2 is 1.76 bits per heavy atom. The highest BCUT2D eigenvalue weighted by Gasteiger charge is 2.34. The zero-order chi connectivity index (χ0) is 22.8. The van der Waals surface area contributed by atoms with Crippen LogP contribution in [0.5, 0.6) is 0 Å². The van der Waals surface area contributed by atoms with E-state index in [-0.39, 0.29) is 17.9 Å². The van der Waals surface area contributed by atoms with Gasteiger partial charge in [0.15, 0.2) is 5.69 Å². The van der Waals surface area contributed by atoms with Gasteiger partial charge in [0, 0.05) is 24.8 Å². The Hall–Kier alpha value is -3.93. The quantitative estimate of drug-likeness (QED) is 0.497. The number of pyridine rings is 1. The smallest absolute Gasteiger partial charge is 0.272 e. The summed E-state index contributed by atoms with van der Waals surface area (Å²) in [6.45, 7) is 3.15. The van der Waals surface area contributed by atoms with Gasteiger partial charge in [-0.15, -0.1) is 0 Å². The normalized spacial score (nSPS) is 15.7. The Balaban J connectivity index is 1.44. The van der Waals surface area contributed by atoms with Crippen LogP contribution in [0.4, 0.5) is 0 Å². The van der Waals surface area contributed by atoms with Gasteiger partial charge in [-0.3, -0.25) is 9.59 Å². The maximum atomic E-state index is 13.2. The van der Waals surface area contributed by atoms with Gasteiger partial charge in [-0.25, -0.2) is 4.98 Å². The molecule has 33 heavy (non-hydrogen) atoms. The average molecular weight is 439 g/mol. The minimum absolute atomic E-state index is 0.00356. The number of rotatable bonds is 5. The zero-order valence-corrected chi connectivity index (χ0v) is 18.6. The number of carbonyl (C=O) groups is 2. The number of amides is 2. The number of likely N-dealkylation sites (tertiary alicyclic amines) is 1. The Morgan fingerprint density at radius 1 is 1.00 bits per heavy atom. The maximum absolute atomic E-state index is 13.2. The summed E-state index contributed by atoms with van der Waals surface area (Å²) in [6, 6.07) is 23.0. The number of benzene rings is 2. The monoisotopic (exact) mass is 438 g/mol. The van der Waals surface area contributed by atoms with Crippen molar-refractivity contribution in [3.63, 3.8) is 0 Å². The van der Waals surface area contributed by atoms with Crippen molar-refractivity contribution in [1.29, 1.82) is 0 Å². The van der Waals surface area contributed by atoms with Gasteiger partial charge in [0.1, 0.15) is 5.82 Å².